The topological polar surface area (TPSA) is 80.5 Å². The zero-order valence-electron chi connectivity index (χ0n) is 10.6. The summed E-state index contributed by atoms with van der Waals surface area (Å²) in [5, 5.41) is 8.56. The first kappa shape index (κ1) is 13.0. The Kier molecular flexibility index (Phi) is 4.33. The molecule has 2 rings (SSSR count). The van der Waals surface area contributed by atoms with E-state index in [4.69, 9.17) is 5.73 Å². The molecular weight excluding hydrogens is 246 g/mol. The van der Waals surface area contributed by atoms with E-state index in [1.807, 2.05) is 13.0 Å². The molecule has 0 aliphatic rings. The van der Waals surface area contributed by atoms with Crippen molar-refractivity contribution in [1.29, 1.82) is 0 Å². The van der Waals surface area contributed by atoms with Crippen LogP contribution in [-0.2, 0) is 6.42 Å². The van der Waals surface area contributed by atoms with Gasteiger partial charge in [-0.3, -0.25) is 5.10 Å². The van der Waals surface area contributed by atoms with Gasteiger partial charge in [-0.2, -0.15) is 0 Å². The monoisotopic (exact) mass is 263 g/mol. The molecule has 0 radical (unpaired) electrons. The second-order valence-electron chi connectivity index (χ2n) is 4.15. The molecule has 0 aliphatic heterocycles. The zero-order valence-corrected chi connectivity index (χ0v) is 11.4. The van der Waals surface area contributed by atoms with E-state index in [2.05, 4.69) is 33.2 Å². The minimum Gasteiger partial charge on any atom is -0.327 e. The molecule has 0 saturated carbocycles. The van der Waals surface area contributed by atoms with Crippen molar-refractivity contribution in [3.8, 4) is 0 Å². The van der Waals surface area contributed by atoms with E-state index in [-0.39, 0.29) is 6.04 Å². The van der Waals surface area contributed by atoms with Gasteiger partial charge < -0.3 is 5.73 Å². The van der Waals surface area contributed by atoms with Crippen LogP contribution >= 0.6 is 11.8 Å². The maximum absolute atomic E-state index is 6.00. The lowest BCUT2D eigenvalue weighted by atomic mass is 10.1. The molecule has 0 spiro atoms. The minimum absolute atomic E-state index is 0.169. The third-order valence-corrected chi connectivity index (χ3v) is 3.55. The normalized spacial score (nSPS) is 12.6. The highest BCUT2D eigenvalue weighted by atomic mass is 32.2. The number of hydrogen-bond acceptors (Lipinski definition) is 5. The minimum atomic E-state index is 0.169. The van der Waals surface area contributed by atoms with Gasteiger partial charge in [0.1, 0.15) is 10.9 Å². The summed E-state index contributed by atoms with van der Waals surface area (Å²) in [5.74, 6) is 0.806. The molecule has 18 heavy (non-hydrogen) atoms. The largest absolute Gasteiger partial charge is 0.327 e. The van der Waals surface area contributed by atoms with Gasteiger partial charge in [-0.05, 0) is 43.2 Å². The summed E-state index contributed by atoms with van der Waals surface area (Å²) in [6, 6.07) is 4.16. The van der Waals surface area contributed by atoms with Crippen molar-refractivity contribution >= 4 is 11.8 Å². The summed E-state index contributed by atoms with van der Waals surface area (Å²) in [4.78, 5) is 8.66. The zero-order chi connectivity index (χ0) is 13.0. The van der Waals surface area contributed by atoms with Crippen LogP contribution < -0.4 is 5.73 Å². The standard InChI is InChI=1S/C12H17N5S/c1-3-10(13)7-9-5-4-6-14-11(9)18-12-15-8(2)16-17-12/h4-6,10H,3,7,13H2,1-2H3,(H,15,16,17). The van der Waals surface area contributed by atoms with Crippen LogP contribution in [0.15, 0.2) is 28.5 Å². The number of nitrogens with zero attached hydrogens (tertiary/aromatic N) is 3. The smallest absolute Gasteiger partial charge is 0.214 e. The molecule has 96 valence electrons. The van der Waals surface area contributed by atoms with Gasteiger partial charge in [0.2, 0.25) is 5.16 Å². The number of aryl methyl sites for hydroxylation is 1. The van der Waals surface area contributed by atoms with Crippen molar-refractivity contribution in [2.45, 2.75) is 42.9 Å². The Bertz CT molecular complexity index is 511. The molecule has 6 heteroatoms. The first-order valence-electron chi connectivity index (χ1n) is 5.95. The quantitative estimate of drug-likeness (QED) is 0.861. The van der Waals surface area contributed by atoms with Gasteiger partial charge >= 0.3 is 0 Å². The highest BCUT2D eigenvalue weighted by Crippen LogP contribution is 2.26. The summed E-state index contributed by atoms with van der Waals surface area (Å²) >= 11 is 1.47. The molecular formula is C12H17N5S. The number of H-pyrrole nitrogens is 1. The van der Waals surface area contributed by atoms with Crippen molar-refractivity contribution in [3.05, 3.63) is 29.7 Å². The predicted octanol–water partition coefficient (Wildman–Crippen LogP) is 1.94. The fourth-order valence-corrected chi connectivity index (χ4v) is 2.40. The first-order valence-corrected chi connectivity index (χ1v) is 6.77. The van der Waals surface area contributed by atoms with E-state index in [9.17, 15) is 0 Å². The Labute approximate surface area is 111 Å². The molecule has 2 heterocycles. The molecule has 3 N–H and O–H groups in total. The molecule has 0 aliphatic carbocycles. The van der Waals surface area contributed by atoms with Crippen molar-refractivity contribution in [2.24, 2.45) is 5.73 Å². The van der Waals surface area contributed by atoms with Crippen molar-refractivity contribution in [3.63, 3.8) is 0 Å². The van der Waals surface area contributed by atoms with Gasteiger partial charge in [-0.15, -0.1) is 5.10 Å². The first-order chi connectivity index (χ1) is 8.69. The highest BCUT2D eigenvalue weighted by molar-refractivity contribution is 7.99. The van der Waals surface area contributed by atoms with E-state index in [0.717, 1.165) is 29.3 Å². The van der Waals surface area contributed by atoms with Crippen molar-refractivity contribution < 1.29 is 0 Å². The number of nitrogens with two attached hydrogens (primary N) is 1. The van der Waals surface area contributed by atoms with Crippen LogP contribution in [0.25, 0.3) is 0 Å². The lowest BCUT2D eigenvalue weighted by molar-refractivity contribution is 0.637. The fourth-order valence-electron chi connectivity index (χ4n) is 1.55. The number of pyridine rings is 1. The van der Waals surface area contributed by atoms with Crippen LogP contribution in [0.1, 0.15) is 24.7 Å². The molecule has 5 nitrogen and oxygen atoms in total. The van der Waals surface area contributed by atoms with Crippen LogP contribution in [0, 0.1) is 6.92 Å². The van der Waals surface area contributed by atoms with E-state index in [1.165, 1.54) is 11.8 Å². The summed E-state index contributed by atoms with van der Waals surface area (Å²) in [6.07, 6.45) is 3.57. The number of rotatable bonds is 5. The van der Waals surface area contributed by atoms with E-state index in [1.54, 1.807) is 6.20 Å². The summed E-state index contributed by atoms with van der Waals surface area (Å²) in [5.41, 5.74) is 7.15. The van der Waals surface area contributed by atoms with Gasteiger partial charge in [0.05, 0.1) is 0 Å². The van der Waals surface area contributed by atoms with E-state index < -0.39 is 0 Å². The maximum Gasteiger partial charge on any atom is 0.214 e. The van der Waals surface area contributed by atoms with Crippen LogP contribution in [0.4, 0.5) is 0 Å². The molecule has 2 aromatic heterocycles. The molecule has 0 amide bonds. The van der Waals surface area contributed by atoms with Crippen molar-refractivity contribution in [2.75, 3.05) is 0 Å². The highest BCUT2D eigenvalue weighted by Gasteiger charge is 2.11. The van der Waals surface area contributed by atoms with E-state index in [0.29, 0.717) is 5.16 Å². The molecule has 0 bridgehead atoms. The Balaban J connectivity index is 2.16. The van der Waals surface area contributed by atoms with Crippen molar-refractivity contribution in [1.82, 2.24) is 20.2 Å². The molecule has 0 saturated heterocycles. The van der Waals surface area contributed by atoms with Gasteiger partial charge in [0.25, 0.3) is 0 Å². The Morgan fingerprint density at radius 2 is 2.33 bits per heavy atom. The maximum atomic E-state index is 6.00. The molecule has 1 unspecified atom stereocenters. The molecule has 1 atom stereocenters. The van der Waals surface area contributed by atoms with Gasteiger partial charge in [0.15, 0.2) is 0 Å². The second-order valence-corrected chi connectivity index (χ2v) is 5.10. The summed E-state index contributed by atoms with van der Waals surface area (Å²) in [6.45, 7) is 3.97. The van der Waals surface area contributed by atoms with Crippen LogP contribution in [0.2, 0.25) is 0 Å². The number of aromatic amines is 1. The molecule has 0 aromatic carbocycles. The third-order valence-electron chi connectivity index (χ3n) is 2.62. The number of hydrogen-bond donors (Lipinski definition) is 2. The molecule has 0 fully saturated rings. The van der Waals surface area contributed by atoms with Gasteiger partial charge in [-0.1, -0.05) is 13.0 Å². The Morgan fingerprint density at radius 3 is 3.00 bits per heavy atom. The average molecular weight is 263 g/mol. The average Bonchev–Trinajstić information content (AvgIpc) is 2.77. The summed E-state index contributed by atoms with van der Waals surface area (Å²) in [7, 11) is 0. The van der Waals surface area contributed by atoms with Crippen LogP contribution in [-0.4, -0.2) is 26.2 Å². The Hall–Kier alpha value is -1.40. The SMILES string of the molecule is CCC(N)Cc1cccnc1Sc1n[nH]c(C)n1. The number of aromatic nitrogens is 4. The lowest BCUT2D eigenvalue weighted by Gasteiger charge is -2.10. The number of nitrogens with one attached hydrogen (secondary N) is 1. The third kappa shape index (κ3) is 3.30. The van der Waals surface area contributed by atoms with E-state index >= 15 is 0 Å². The lowest BCUT2D eigenvalue weighted by Crippen LogP contribution is -2.21. The van der Waals surface area contributed by atoms with Crippen LogP contribution in [0.3, 0.4) is 0 Å². The predicted molar refractivity (Wildman–Crippen MR) is 71.5 cm³/mol. The summed E-state index contributed by atoms with van der Waals surface area (Å²) < 4.78 is 0. The van der Waals surface area contributed by atoms with Gasteiger partial charge in [-0.25, -0.2) is 9.97 Å². The Morgan fingerprint density at radius 1 is 1.50 bits per heavy atom. The molecule has 2 aromatic rings. The fraction of sp³-hybridized carbons (Fsp3) is 0.417. The van der Waals surface area contributed by atoms with Crippen LogP contribution in [0.5, 0.6) is 0 Å². The van der Waals surface area contributed by atoms with Gasteiger partial charge in [0, 0.05) is 12.2 Å². The second kappa shape index (κ2) is 5.97.